The Morgan fingerprint density at radius 3 is 2.79 bits per heavy atom. The summed E-state index contributed by atoms with van der Waals surface area (Å²) in [5.74, 6) is -0.511. The Bertz CT molecular complexity index is 382. The molecule has 0 fully saturated rings. The molecule has 0 heterocycles. The maximum Gasteiger partial charge on any atom is 0.128 e. The van der Waals surface area contributed by atoms with Crippen LogP contribution < -0.4 is 5.73 Å². The van der Waals surface area contributed by atoms with Crippen LogP contribution in [0.15, 0.2) is 18.2 Å². The average Bonchev–Trinajstić information content (AvgIpc) is 2.18. The highest BCUT2D eigenvalue weighted by molar-refractivity contribution is 5.37. The number of nitrogens with zero attached hydrogens (tertiary/aromatic N) is 1. The minimum Gasteiger partial charge on any atom is -0.394 e. The van der Waals surface area contributed by atoms with Crippen LogP contribution in [0.3, 0.4) is 0 Å². The molecule has 4 heteroatoms. The van der Waals surface area contributed by atoms with Crippen molar-refractivity contribution in [2.45, 2.75) is 12.5 Å². The zero-order valence-corrected chi connectivity index (χ0v) is 7.79. The first kappa shape index (κ1) is 10.6. The van der Waals surface area contributed by atoms with Crippen molar-refractivity contribution < 1.29 is 9.50 Å². The lowest BCUT2D eigenvalue weighted by Crippen LogP contribution is -2.37. The number of nitriles is 1. The maximum atomic E-state index is 13.3. The van der Waals surface area contributed by atoms with Gasteiger partial charge < -0.3 is 10.8 Å². The van der Waals surface area contributed by atoms with Gasteiger partial charge in [0.15, 0.2) is 0 Å². The summed E-state index contributed by atoms with van der Waals surface area (Å²) in [5, 5.41) is 17.6. The number of halogens is 1. The summed E-state index contributed by atoms with van der Waals surface area (Å²) in [6.45, 7) is 1.13. The van der Waals surface area contributed by atoms with E-state index in [1.807, 2.05) is 6.07 Å². The summed E-state index contributed by atoms with van der Waals surface area (Å²) in [5.41, 5.74) is 4.98. The Morgan fingerprint density at radius 2 is 2.29 bits per heavy atom. The first-order chi connectivity index (χ1) is 6.51. The summed E-state index contributed by atoms with van der Waals surface area (Å²) in [7, 11) is 0. The summed E-state index contributed by atoms with van der Waals surface area (Å²) in [6.07, 6.45) is 0. The smallest absolute Gasteiger partial charge is 0.128 e. The molecule has 1 aromatic rings. The number of aliphatic hydroxyl groups excluding tert-OH is 1. The lowest BCUT2D eigenvalue weighted by molar-refractivity contribution is 0.206. The highest BCUT2D eigenvalue weighted by atomic mass is 19.1. The second-order valence-electron chi connectivity index (χ2n) is 3.38. The monoisotopic (exact) mass is 194 g/mol. The second kappa shape index (κ2) is 3.74. The molecule has 0 saturated carbocycles. The van der Waals surface area contributed by atoms with Crippen molar-refractivity contribution in [2.75, 3.05) is 6.61 Å². The van der Waals surface area contributed by atoms with Crippen molar-refractivity contribution in [3.63, 3.8) is 0 Å². The van der Waals surface area contributed by atoms with Crippen LogP contribution in [0.2, 0.25) is 0 Å². The van der Waals surface area contributed by atoms with Gasteiger partial charge in [0.25, 0.3) is 0 Å². The molecule has 0 aliphatic heterocycles. The van der Waals surface area contributed by atoms with E-state index in [0.29, 0.717) is 5.56 Å². The van der Waals surface area contributed by atoms with Gasteiger partial charge in [-0.25, -0.2) is 4.39 Å². The van der Waals surface area contributed by atoms with Gasteiger partial charge in [-0.1, -0.05) is 0 Å². The van der Waals surface area contributed by atoms with Gasteiger partial charge in [0.2, 0.25) is 0 Å². The molecule has 1 aromatic carbocycles. The number of hydrogen-bond donors (Lipinski definition) is 2. The van der Waals surface area contributed by atoms with Crippen LogP contribution in [0.5, 0.6) is 0 Å². The molecule has 3 N–H and O–H groups in total. The van der Waals surface area contributed by atoms with E-state index in [4.69, 9.17) is 16.1 Å². The topological polar surface area (TPSA) is 70.0 Å². The Hall–Kier alpha value is -1.44. The summed E-state index contributed by atoms with van der Waals surface area (Å²) >= 11 is 0. The van der Waals surface area contributed by atoms with Crippen molar-refractivity contribution in [3.8, 4) is 6.07 Å². The molecule has 0 saturated heterocycles. The van der Waals surface area contributed by atoms with E-state index in [1.54, 1.807) is 0 Å². The van der Waals surface area contributed by atoms with E-state index in [1.165, 1.54) is 25.1 Å². The molecule has 14 heavy (non-hydrogen) atoms. The molecule has 74 valence electrons. The van der Waals surface area contributed by atoms with Gasteiger partial charge in [-0.2, -0.15) is 5.26 Å². The number of hydrogen-bond acceptors (Lipinski definition) is 3. The largest absolute Gasteiger partial charge is 0.394 e. The van der Waals surface area contributed by atoms with E-state index < -0.39 is 11.4 Å². The molecule has 3 nitrogen and oxygen atoms in total. The van der Waals surface area contributed by atoms with Crippen LogP contribution in [0.4, 0.5) is 4.39 Å². The summed E-state index contributed by atoms with van der Waals surface area (Å²) in [6, 6.07) is 5.78. The highest BCUT2D eigenvalue weighted by Crippen LogP contribution is 2.21. The molecule has 1 unspecified atom stereocenters. The lowest BCUT2D eigenvalue weighted by Gasteiger charge is -2.22. The fraction of sp³-hybridized carbons (Fsp3) is 0.300. The molecule has 0 aliphatic rings. The molecule has 0 radical (unpaired) electrons. The molecule has 0 bridgehead atoms. The van der Waals surface area contributed by atoms with E-state index >= 15 is 0 Å². The van der Waals surface area contributed by atoms with Crippen molar-refractivity contribution in [1.29, 1.82) is 5.26 Å². The quantitative estimate of drug-likeness (QED) is 0.733. The van der Waals surface area contributed by atoms with Crippen LogP contribution in [0.1, 0.15) is 18.1 Å². The number of aliphatic hydroxyl groups is 1. The van der Waals surface area contributed by atoms with Gasteiger partial charge >= 0.3 is 0 Å². The minimum atomic E-state index is -1.16. The Balaban J connectivity index is 3.27. The predicted octanol–water partition coefficient (Wildman–Crippen LogP) is 0.864. The molecule has 1 rings (SSSR count). The maximum absolute atomic E-state index is 13.3. The van der Waals surface area contributed by atoms with Crippen molar-refractivity contribution in [2.24, 2.45) is 5.73 Å². The van der Waals surface area contributed by atoms with Gasteiger partial charge in [0.1, 0.15) is 5.82 Å². The normalized spacial score (nSPS) is 14.5. The fourth-order valence-corrected chi connectivity index (χ4v) is 1.12. The highest BCUT2D eigenvalue weighted by Gasteiger charge is 2.24. The van der Waals surface area contributed by atoms with Crippen LogP contribution in [-0.2, 0) is 5.54 Å². The van der Waals surface area contributed by atoms with Gasteiger partial charge in [-0.15, -0.1) is 0 Å². The van der Waals surface area contributed by atoms with Crippen LogP contribution in [0, 0.1) is 17.1 Å². The number of benzene rings is 1. The standard InChI is InChI=1S/C10H11FN2O/c1-10(13,6-14)8-4-7(5-12)2-3-9(8)11/h2-4,14H,6,13H2,1H3. The van der Waals surface area contributed by atoms with E-state index in [-0.39, 0.29) is 12.2 Å². The summed E-state index contributed by atoms with van der Waals surface area (Å²) in [4.78, 5) is 0. The Kier molecular flexibility index (Phi) is 2.84. The number of nitrogens with two attached hydrogens (primary N) is 1. The molecule has 0 aliphatic carbocycles. The van der Waals surface area contributed by atoms with Crippen LogP contribution >= 0.6 is 0 Å². The third-order valence-electron chi connectivity index (χ3n) is 2.04. The van der Waals surface area contributed by atoms with Gasteiger partial charge in [-0.05, 0) is 25.1 Å². The van der Waals surface area contributed by atoms with E-state index in [2.05, 4.69) is 0 Å². The van der Waals surface area contributed by atoms with Gasteiger partial charge in [0, 0.05) is 5.56 Å². The van der Waals surface area contributed by atoms with E-state index in [0.717, 1.165) is 0 Å². The fourth-order valence-electron chi connectivity index (χ4n) is 1.12. The molecular formula is C10H11FN2O. The van der Waals surface area contributed by atoms with Crippen molar-refractivity contribution in [3.05, 3.63) is 35.1 Å². The zero-order valence-electron chi connectivity index (χ0n) is 7.79. The van der Waals surface area contributed by atoms with Crippen molar-refractivity contribution >= 4 is 0 Å². The lowest BCUT2D eigenvalue weighted by atomic mass is 9.92. The van der Waals surface area contributed by atoms with Gasteiger partial charge in [-0.3, -0.25) is 0 Å². The SMILES string of the molecule is CC(N)(CO)c1cc(C#N)ccc1F. The molecule has 1 atom stereocenters. The summed E-state index contributed by atoms with van der Waals surface area (Å²) < 4.78 is 13.3. The predicted molar refractivity (Wildman–Crippen MR) is 49.7 cm³/mol. The molecule has 0 amide bonds. The third-order valence-corrected chi connectivity index (χ3v) is 2.04. The first-order valence-electron chi connectivity index (χ1n) is 4.11. The Morgan fingerprint density at radius 1 is 1.64 bits per heavy atom. The van der Waals surface area contributed by atoms with Crippen LogP contribution in [-0.4, -0.2) is 11.7 Å². The average molecular weight is 194 g/mol. The van der Waals surface area contributed by atoms with Crippen LogP contribution in [0.25, 0.3) is 0 Å². The van der Waals surface area contributed by atoms with Gasteiger partial charge in [0.05, 0.1) is 23.8 Å². The number of rotatable bonds is 2. The molecular weight excluding hydrogens is 183 g/mol. The minimum absolute atomic E-state index is 0.152. The molecule has 0 spiro atoms. The third kappa shape index (κ3) is 1.90. The first-order valence-corrected chi connectivity index (χ1v) is 4.11. The second-order valence-corrected chi connectivity index (χ2v) is 3.38. The van der Waals surface area contributed by atoms with Crippen molar-refractivity contribution in [1.82, 2.24) is 0 Å². The van der Waals surface area contributed by atoms with E-state index in [9.17, 15) is 4.39 Å². The zero-order chi connectivity index (χ0) is 10.8. The molecule has 0 aromatic heterocycles. The Labute approximate surface area is 81.6 Å².